The summed E-state index contributed by atoms with van der Waals surface area (Å²) >= 11 is 0. The Balaban J connectivity index is 1.52. The number of furan rings is 1. The molecule has 35 heavy (non-hydrogen) atoms. The van der Waals surface area contributed by atoms with E-state index < -0.39 is 6.04 Å². The fourth-order valence-corrected chi connectivity index (χ4v) is 4.81. The standard InChI is InChI=1S/C27H27FN4O3/c1-19-16-24(33)25(27(34)32(19)18-21-7-5-15-35-21)26(20-6-4-10-29-17-20)31-13-11-30(12-14-31)23-9-3-2-8-22(23)28/h2-10,15-17,26,33H,11-14,18H2,1H3/t26-/m1/s1. The molecule has 1 atom stereocenters. The van der Waals surface area contributed by atoms with Gasteiger partial charge in [-0.25, -0.2) is 4.39 Å². The molecule has 1 saturated heterocycles. The van der Waals surface area contributed by atoms with Crippen molar-refractivity contribution in [3.05, 3.63) is 112 Å². The van der Waals surface area contributed by atoms with Gasteiger partial charge < -0.3 is 19.0 Å². The van der Waals surface area contributed by atoms with Crippen molar-refractivity contribution in [3.8, 4) is 5.75 Å². The van der Waals surface area contributed by atoms with Gasteiger partial charge in [-0.3, -0.25) is 14.7 Å². The van der Waals surface area contributed by atoms with Crippen molar-refractivity contribution < 1.29 is 13.9 Å². The zero-order valence-corrected chi connectivity index (χ0v) is 19.5. The molecule has 1 aliphatic heterocycles. The van der Waals surface area contributed by atoms with Crippen LogP contribution >= 0.6 is 0 Å². The smallest absolute Gasteiger partial charge is 0.260 e. The molecule has 0 aliphatic carbocycles. The Labute approximate surface area is 202 Å². The zero-order chi connectivity index (χ0) is 24.4. The van der Waals surface area contributed by atoms with Crippen LogP contribution in [-0.4, -0.2) is 45.7 Å². The Morgan fingerprint density at radius 3 is 2.57 bits per heavy atom. The van der Waals surface area contributed by atoms with Gasteiger partial charge in [0.1, 0.15) is 17.3 Å². The molecule has 180 valence electrons. The van der Waals surface area contributed by atoms with Gasteiger partial charge in [-0.15, -0.1) is 0 Å². The normalized spacial score (nSPS) is 15.3. The first kappa shape index (κ1) is 22.9. The highest BCUT2D eigenvalue weighted by atomic mass is 19.1. The number of hydrogen-bond acceptors (Lipinski definition) is 6. The van der Waals surface area contributed by atoms with Gasteiger partial charge >= 0.3 is 0 Å². The molecule has 1 aliphatic rings. The molecule has 8 heteroatoms. The number of aromatic hydroxyl groups is 1. The maximum absolute atomic E-state index is 14.4. The molecule has 3 aromatic heterocycles. The number of halogens is 1. The number of aromatic nitrogens is 2. The van der Waals surface area contributed by atoms with Crippen LogP contribution in [0.25, 0.3) is 0 Å². The van der Waals surface area contributed by atoms with E-state index in [1.807, 2.05) is 29.2 Å². The Hall–Kier alpha value is -3.91. The summed E-state index contributed by atoms with van der Waals surface area (Å²) in [5, 5.41) is 11.0. The van der Waals surface area contributed by atoms with Gasteiger partial charge in [0, 0.05) is 44.3 Å². The van der Waals surface area contributed by atoms with Crippen LogP contribution in [0.2, 0.25) is 0 Å². The SMILES string of the molecule is Cc1cc(O)c([C@@H](c2cccnc2)N2CCN(c3ccccc3F)CC2)c(=O)n1Cc1ccco1. The summed E-state index contributed by atoms with van der Waals surface area (Å²) in [4.78, 5) is 22.2. The van der Waals surface area contributed by atoms with E-state index in [4.69, 9.17) is 4.42 Å². The predicted octanol–water partition coefficient (Wildman–Crippen LogP) is 3.95. The molecule has 4 heterocycles. The number of piperazine rings is 1. The summed E-state index contributed by atoms with van der Waals surface area (Å²) < 4.78 is 21.4. The molecule has 1 aromatic carbocycles. The van der Waals surface area contributed by atoms with Crippen LogP contribution in [0.5, 0.6) is 5.75 Å². The van der Waals surface area contributed by atoms with Gasteiger partial charge in [0.15, 0.2) is 0 Å². The van der Waals surface area contributed by atoms with Crippen LogP contribution in [0.4, 0.5) is 10.1 Å². The molecule has 4 aromatic rings. The Kier molecular flexibility index (Phi) is 6.37. The van der Waals surface area contributed by atoms with Gasteiger partial charge in [-0.1, -0.05) is 18.2 Å². The summed E-state index contributed by atoms with van der Waals surface area (Å²) in [6.45, 7) is 4.40. The first-order chi connectivity index (χ1) is 17.0. The van der Waals surface area contributed by atoms with Gasteiger partial charge in [0.2, 0.25) is 0 Å². The van der Waals surface area contributed by atoms with Crippen LogP contribution in [0.1, 0.15) is 28.6 Å². The average Bonchev–Trinajstić information content (AvgIpc) is 3.39. The van der Waals surface area contributed by atoms with E-state index in [0.29, 0.717) is 48.9 Å². The van der Waals surface area contributed by atoms with Gasteiger partial charge in [0.25, 0.3) is 5.56 Å². The molecule has 7 nitrogen and oxygen atoms in total. The van der Waals surface area contributed by atoms with Crippen LogP contribution < -0.4 is 10.5 Å². The average molecular weight is 475 g/mol. The van der Waals surface area contributed by atoms with Gasteiger partial charge in [-0.05, 0) is 48.9 Å². The van der Waals surface area contributed by atoms with E-state index in [-0.39, 0.29) is 23.7 Å². The fourth-order valence-electron chi connectivity index (χ4n) is 4.81. The molecular weight excluding hydrogens is 447 g/mol. The molecule has 5 rings (SSSR count). The van der Waals surface area contributed by atoms with E-state index in [1.165, 1.54) is 6.07 Å². The molecule has 0 unspecified atom stereocenters. The lowest BCUT2D eigenvalue weighted by Crippen LogP contribution is -2.49. The lowest BCUT2D eigenvalue weighted by atomic mass is 9.97. The summed E-state index contributed by atoms with van der Waals surface area (Å²) in [7, 11) is 0. The predicted molar refractivity (Wildman–Crippen MR) is 131 cm³/mol. The Morgan fingerprint density at radius 2 is 1.89 bits per heavy atom. The van der Waals surface area contributed by atoms with E-state index >= 15 is 0 Å². The minimum Gasteiger partial charge on any atom is -0.507 e. The van der Waals surface area contributed by atoms with Crippen molar-refractivity contribution >= 4 is 5.69 Å². The van der Waals surface area contributed by atoms with Crippen LogP contribution in [0.15, 0.2) is 82.5 Å². The Bertz CT molecular complexity index is 1350. The molecule has 0 radical (unpaired) electrons. The lowest BCUT2D eigenvalue weighted by molar-refractivity contribution is 0.206. The second-order valence-corrected chi connectivity index (χ2v) is 8.72. The van der Waals surface area contributed by atoms with Gasteiger partial charge in [-0.2, -0.15) is 0 Å². The summed E-state index contributed by atoms with van der Waals surface area (Å²) in [6.07, 6.45) is 4.98. The number of benzene rings is 1. The summed E-state index contributed by atoms with van der Waals surface area (Å²) in [5.74, 6) is 0.360. The highest BCUT2D eigenvalue weighted by Crippen LogP contribution is 2.33. The minimum absolute atomic E-state index is 0.0476. The van der Waals surface area contributed by atoms with Crippen LogP contribution in [0.3, 0.4) is 0 Å². The van der Waals surface area contributed by atoms with Crippen LogP contribution in [0, 0.1) is 12.7 Å². The van der Waals surface area contributed by atoms with Crippen LogP contribution in [-0.2, 0) is 6.54 Å². The van der Waals surface area contributed by atoms with Crippen molar-refractivity contribution in [1.82, 2.24) is 14.5 Å². The number of aryl methyl sites for hydroxylation is 1. The van der Waals surface area contributed by atoms with E-state index in [0.717, 1.165) is 5.56 Å². The first-order valence-electron chi connectivity index (χ1n) is 11.6. The molecule has 0 saturated carbocycles. The van der Waals surface area contributed by atoms with Crippen molar-refractivity contribution in [2.45, 2.75) is 19.5 Å². The van der Waals surface area contributed by atoms with Gasteiger partial charge in [0.05, 0.1) is 30.1 Å². The number of rotatable bonds is 6. The highest BCUT2D eigenvalue weighted by molar-refractivity contribution is 5.48. The molecule has 0 amide bonds. The molecule has 1 N–H and O–H groups in total. The second-order valence-electron chi connectivity index (χ2n) is 8.72. The zero-order valence-electron chi connectivity index (χ0n) is 19.5. The molecule has 0 spiro atoms. The fraction of sp³-hybridized carbons (Fsp3) is 0.259. The van der Waals surface area contributed by atoms with E-state index in [9.17, 15) is 14.3 Å². The van der Waals surface area contributed by atoms with Crippen molar-refractivity contribution in [3.63, 3.8) is 0 Å². The quantitative estimate of drug-likeness (QED) is 0.456. The van der Waals surface area contributed by atoms with Crippen molar-refractivity contribution in [1.29, 1.82) is 0 Å². The second kappa shape index (κ2) is 9.76. The summed E-state index contributed by atoms with van der Waals surface area (Å²) in [5.41, 5.74) is 2.05. The monoisotopic (exact) mass is 474 g/mol. The summed E-state index contributed by atoms with van der Waals surface area (Å²) in [6, 6.07) is 15.2. The van der Waals surface area contributed by atoms with E-state index in [2.05, 4.69) is 9.88 Å². The van der Waals surface area contributed by atoms with Crippen molar-refractivity contribution in [2.75, 3.05) is 31.1 Å². The number of hydrogen-bond donors (Lipinski definition) is 1. The molecule has 1 fully saturated rings. The number of anilines is 1. The third-order valence-electron chi connectivity index (χ3n) is 6.56. The molecule has 0 bridgehead atoms. The minimum atomic E-state index is -0.498. The maximum atomic E-state index is 14.4. The topological polar surface area (TPSA) is 74.7 Å². The number of nitrogens with zero attached hydrogens (tertiary/aromatic N) is 4. The van der Waals surface area contributed by atoms with Crippen molar-refractivity contribution in [2.24, 2.45) is 0 Å². The van der Waals surface area contributed by atoms with E-state index in [1.54, 1.807) is 54.4 Å². The third-order valence-corrected chi connectivity index (χ3v) is 6.56. The number of para-hydroxylation sites is 1. The largest absolute Gasteiger partial charge is 0.507 e. The Morgan fingerprint density at radius 1 is 1.09 bits per heavy atom. The first-order valence-corrected chi connectivity index (χ1v) is 11.6. The number of pyridine rings is 2. The third kappa shape index (κ3) is 4.57. The lowest BCUT2D eigenvalue weighted by Gasteiger charge is -2.40. The highest BCUT2D eigenvalue weighted by Gasteiger charge is 2.32. The molecular formula is C27H27FN4O3. The maximum Gasteiger partial charge on any atom is 0.260 e.